The molecule has 0 fully saturated rings. The zero-order valence-electron chi connectivity index (χ0n) is 10.5. The van der Waals surface area contributed by atoms with E-state index in [0.29, 0.717) is 0 Å². The summed E-state index contributed by atoms with van der Waals surface area (Å²) in [5.41, 5.74) is 1.92. The Morgan fingerprint density at radius 3 is 2.61 bits per heavy atom. The number of halogens is 1. The highest BCUT2D eigenvalue weighted by molar-refractivity contribution is 6.34. The van der Waals surface area contributed by atoms with E-state index in [9.17, 15) is 0 Å². The average Bonchev–Trinajstić information content (AvgIpc) is 2.36. The molecule has 0 aliphatic rings. The Bertz CT molecular complexity index is 540. The van der Waals surface area contributed by atoms with Crippen LogP contribution in [0.1, 0.15) is 12.5 Å². The molecule has 0 radical (unpaired) electrons. The summed E-state index contributed by atoms with van der Waals surface area (Å²) < 4.78 is 0. The molecule has 2 aromatic rings. The SMILES string of the molecule is CCNc1cccc(Nc2cccc(C)c2Cl)n1. The summed E-state index contributed by atoms with van der Waals surface area (Å²) in [6.45, 7) is 4.87. The van der Waals surface area contributed by atoms with E-state index in [1.165, 1.54) is 0 Å². The molecule has 4 heteroatoms. The number of hydrogen-bond donors (Lipinski definition) is 2. The maximum atomic E-state index is 6.24. The predicted octanol–water partition coefficient (Wildman–Crippen LogP) is 4.22. The highest BCUT2D eigenvalue weighted by atomic mass is 35.5. The molecule has 1 heterocycles. The molecular formula is C14H16ClN3. The minimum absolute atomic E-state index is 0.730. The fourth-order valence-corrected chi connectivity index (χ4v) is 1.84. The zero-order valence-corrected chi connectivity index (χ0v) is 11.3. The van der Waals surface area contributed by atoms with Crippen LogP contribution in [-0.2, 0) is 0 Å². The van der Waals surface area contributed by atoms with Crippen LogP contribution in [0.25, 0.3) is 0 Å². The molecule has 0 spiro atoms. The van der Waals surface area contributed by atoms with Gasteiger partial charge in [0.05, 0.1) is 10.7 Å². The Morgan fingerprint density at radius 1 is 1.11 bits per heavy atom. The molecule has 3 nitrogen and oxygen atoms in total. The van der Waals surface area contributed by atoms with Crippen molar-refractivity contribution in [1.29, 1.82) is 0 Å². The Labute approximate surface area is 112 Å². The van der Waals surface area contributed by atoms with Crippen molar-refractivity contribution in [3.63, 3.8) is 0 Å². The molecule has 0 amide bonds. The second-order valence-corrected chi connectivity index (χ2v) is 4.38. The van der Waals surface area contributed by atoms with Gasteiger partial charge in [-0.2, -0.15) is 0 Å². The lowest BCUT2D eigenvalue weighted by Crippen LogP contribution is -2.01. The maximum Gasteiger partial charge on any atom is 0.132 e. The third-order valence-corrected chi connectivity index (χ3v) is 3.06. The molecule has 1 aromatic heterocycles. The number of benzene rings is 1. The highest BCUT2D eigenvalue weighted by Crippen LogP contribution is 2.27. The summed E-state index contributed by atoms with van der Waals surface area (Å²) in [5.74, 6) is 1.63. The molecule has 0 atom stereocenters. The number of rotatable bonds is 4. The Balaban J connectivity index is 2.23. The number of anilines is 3. The van der Waals surface area contributed by atoms with Crippen LogP contribution in [0.5, 0.6) is 0 Å². The summed E-state index contributed by atoms with van der Waals surface area (Å²) in [6, 6.07) is 11.7. The summed E-state index contributed by atoms with van der Waals surface area (Å²) in [5, 5.41) is 7.13. The summed E-state index contributed by atoms with van der Waals surface area (Å²) in [6.07, 6.45) is 0. The van der Waals surface area contributed by atoms with E-state index >= 15 is 0 Å². The number of aryl methyl sites for hydroxylation is 1. The van der Waals surface area contributed by atoms with Crippen LogP contribution in [0.4, 0.5) is 17.3 Å². The first kappa shape index (κ1) is 12.7. The largest absolute Gasteiger partial charge is 0.370 e. The Morgan fingerprint density at radius 2 is 1.83 bits per heavy atom. The number of pyridine rings is 1. The van der Waals surface area contributed by atoms with E-state index in [1.807, 2.05) is 50.2 Å². The number of hydrogen-bond acceptors (Lipinski definition) is 3. The predicted molar refractivity (Wildman–Crippen MR) is 77.9 cm³/mol. The zero-order chi connectivity index (χ0) is 13.0. The molecule has 18 heavy (non-hydrogen) atoms. The second-order valence-electron chi connectivity index (χ2n) is 4.00. The van der Waals surface area contributed by atoms with Gasteiger partial charge in [0.2, 0.25) is 0 Å². The van der Waals surface area contributed by atoms with Crippen molar-refractivity contribution in [3.05, 3.63) is 47.0 Å². The van der Waals surface area contributed by atoms with Gasteiger partial charge in [0, 0.05) is 6.54 Å². The fourth-order valence-electron chi connectivity index (χ4n) is 1.67. The van der Waals surface area contributed by atoms with E-state index in [1.54, 1.807) is 0 Å². The Hall–Kier alpha value is -1.74. The van der Waals surface area contributed by atoms with Gasteiger partial charge in [-0.05, 0) is 37.6 Å². The van der Waals surface area contributed by atoms with E-state index in [4.69, 9.17) is 11.6 Å². The van der Waals surface area contributed by atoms with Crippen molar-refractivity contribution < 1.29 is 0 Å². The topological polar surface area (TPSA) is 37.0 Å². The van der Waals surface area contributed by atoms with Crippen molar-refractivity contribution in [1.82, 2.24) is 4.98 Å². The van der Waals surface area contributed by atoms with Gasteiger partial charge in [-0.1, -0.05) is 29.8 Å². The van der Waals surface area contributed by atoms with Gasteiger partial charge in [-0.15, -0.1) is 0 Å². The highest BCUT2D eigenvalue weighted by Gasteiger charge is 2.04. The van der Waals surface area contributed by atoms with Gasteiger partial charge in [-0.25, -0.2) is 4.98 Å². The fraction of sp³-hybridized carbons (Fsp3) is 0.214. The van der Waals surface area contributed by atoms with Crippen LogP contribution in [0.15, 0.2) is 36.4 Å². The molecule has 2 N–H and O–H groups in total. The van der Waals surface area contributed by atoms with Gasteiger partial charge >= 0.3 is 0 Å². The monoisotopic (exact) mass is 261 g/mol. The standard InChI is InChI=1S/C14H16ClN3/c1-3-16-12-8-5-9-13(18-12)17-11-7-4-6-10(2)14(11)15/h4-9H,3H2,1-2H3,(H2,16,17,18). The lowest BCUT2D eigenvalue weighted by Gasteiger charge is -2.10. The molecule has 0 unspecified atom stereocenters. The maximum absolute atomic E-state index is 6.24. The van der Waals surface area contributed by atoms with Gasteiger partial charge < -0.3 is 10.6 Å². The summed E-state index contributed by atoms with van der Waals surface area (Å²) in [7, 11) is 0. The smallest absolute Gasteiger partial charge is 0.132 e. The first-order valence-electron chi connectivity index (χ1n) is 5.93. The van der Waals surface area contributed by atoms with Gasteiger partial charge in [-0.3, -0.25) is 0 Å². The third-order valence-electron chi connectivity index (χ3n) is 2.56. The molecule has 0 saturated heterocycles. The van der Waals surface area contributed by atoms with Crippen LogP contribution in [-0.4, -0.2) is 11.5 Å². The molecule has 2 rings (SSSR count). The van der Waals surface area contributed by atoms with Crippen LogP contribution < -0.4 is 10.6 Å². The van der Waals surface area contributed by atoms with Crippen LogP contribution in [0.2, 0.25) is 5.02 Å². The van der Waals surface area contributed by atoms with Gasteiger partial charge in [0.15, 0.2) is 0 Å². The molecule has 0 saturated carbocycles. The van der Waals surface area contributed by atoms with E-state index in [0.717, 1.165) is 34.5 Å². The van der Waals surface area contributed by atoms with Crippen molar-refractivity contribution in [2.45, 2.75) is 13.8 Å². The molecule has 0 aliphatic heterocycles. The Kier molecular flexibility index (Phi) is 4.05. The average molecular weight is 262 g/mol. The summed E-state index contributed by atoms with van der Waals surface area (Å²) >= 11 is 6.24. The molecule has 0 aliphatic carbocycles. The first-order chi connectivity index (χ1) is 8.70. The van der Waals surface area contributed by atoms with E-state index in [2.05, 4.69) is 15.6 Å². The lowest BCUT2D eigenvalue weighted by molar-refractivity contribution is 1.16. The van der Waals surface area contributed by atoms with Crippen LogP contribution >= 0.6 is 11.6 Å². The minimum Gasteiger partial charge on any atom is -0.370 e. The van der Waals surface area contributed by atoms with Crippen molar-refractivity contribution in [2.24, 2.45) is 0 Å². The normalized spacial score (nSPS) is 10.2. The minimum atomic E-state index is 0.730. The van der Waals surface area contributed by atoms with Gasteiger partial charge in [0.1, 0.15) is 11.6 Å². The molecular weight excluding hydrogens is 246 g/mol. The molecule has 1 aromatic carbocycles. The molecule has 94 valence electrons. The van der Waals surface area contributed by atoms with Crippen molar-refractivity contribution in [3.8, 4) is 0 Å². The molecule has 0 bridgehead atoms. The quantitative estimate of drug-likeness (QED) is 0.865. The number of nitrogens with one attached hydrogen (secondary N) is 2. The lowest BCUT2D eigenvalue weighted by atomic mass is 10.2. The summed E-state index contributed by atoms with van der Waals surface area (Å²) in [4.78, 5) is 4.45. The second kappa shape index (κ2) is 5.74. The van der Waals surface area contributed by atoms with E-state index in [-0.39, 0.29) is 0 Å². The van der Waals surface area contributed by atoms with Gasteiger partial charge in [0.25, 0.3) is 0 Å². The van der Waals surface area contributed by atoms with Crippen LogP contribution in [0.3, 0.4) is 0 Å². The number of aromatic nitrogens is 1. The van der Waals surface area contributed by atoms with Crippen molar-refractivity contribution >= 4 is 28.9 Å². The van der Waals surface area contributed by atoms with Crippen LogP contribution in [0, 0.1) is 6.92 Å². The first-order valence-corrected chi connectivity index (χ1v) is 6.31. The number of nitrogens with zero attached hydrogens (tertiary/aromatic N) is 1. The van der Waals surface area contributed by atoms with Crippen molar-refractivity contribution in [2.75, 3.05) is 17.2 Å². The third kappa shape index (κ3) is 2.93. The van der Waals surface area contributed by atoms with E-state index < -0.39 is 0 Å².